The second-order valence-corrected chi connectivity index (χ2v) is 8.46. The average Bonchev–Trinajstić information content (AvgIpc) is 3.42. The van der Waals surface area contributed by atoms with Crippen LogP contribution in [-0.2, 0) is 11.3 Å². The summed E-state index contributed by atoms with van der Waals surface area (Å²) in [5, 5.41) is 14.9. The number of hydrogen-bond donors (Lipinski definition) is 0. The molecular formula is C27H25N5O3. The van der Waals surface area contributed by atoms with Gasteiger partial charge in [0.05, 0.1) is 35.4 Å². The third kappa shape index (κ3) is 3.61. The molecule has 35 heavy (non-hydrogen) atoms. The minimum Gasteiger partial charge on any atom is -0.496 e. The van der Waals surface area contributed by atoms with E-state index in [0.717, 1.165) is 39.1 Å². The van der Waals surface area contributed by atoms with Crippen LogP contribution in [-0.4, -0.2) is 33.9 Å². The number of aryl methyl sites for hydroxylation is 2. The molecule has 3 heterocycles. The van der Waals surface area contributed by atoms with Crippen molar-refractivity contribution in [3.8, 4) is 22.9 Å². The van der Waals surface area contributed by atoms with Crippen LogP contribution in [0.4, 0.5) is 0 Å². The summed E-state index contributed by atoms with van der Waals surface area (Å²) < 4.78 is 18.8. The fourth-order valence-corrected chi connectivity index (χ4v) is 4.76. The maximum Gasteiger partial charge on any atom is 0.169 e. The minimum absolute atomic E-state index is 0.0586. The molecule has 176 valence electrons. The monoisotopic (exact) mass is 467 g/mol. The summed E-state index contributed by atoms with van der Waals surface area (Å²) in [4.78, 5) is 9.50. The van der Waals surface area contributed by atoms with Crippen molar-refractivity contribution >= 4 is 21.9 Å². The molecule has 8 nitrogen and oxygen atoms in total. The van der Waals surface area contributed by atoms with Crippen LogP contribution in [0.3, 0.4) is 0 Å². The fraction of sp³-hybridized carbons (Fsp3) is 0.259. The Bertz CT molecular complexity index is 1580. The summed E-state index contributed by atoms with van der Waals surface area (Å²) in [6, 6.07) is 16.3. The van der Waals surface area contributed by atoms with Crippen molar-refractivity contribution in [3.05, 3.63) is 71.0 Å². The number of nitrogens with zero attached hydrogens (tertiary/aromatic N) is 5. The number of benzene rings is 2. The molecule has 0 saturated carbocycles. The quantitative estimate of drug-likeness (QED) is 0.325. The third-order valence-corrected chi connectivity index (χ3v) is 6.36. The molecule has 0 aliphatic rings. The van der Waals surface area contributed by atoms with Gasteiger partial charge in [0.25, 0.3) is 0 Å². The molecule has 1 atom stereocenters. The summed E-state index contributed by atoms with van der Waals surface area (Å²) in [6.07, 6.45) is 0. The lowest BCUT2D eigenvalue weighted by molar-refractivity contribution is 0.174. The zero-order valence-corrected chi connectivity index (χ0v) is 20.3. The van der Waals surface area contributed by atoms with Crippen molar-refractivity contribution in [2.45, 2.75) is 33.4 Å². The van der Waals surface area contributed by atoms with Gasteiger partial charge in [-0.25, -0.2) is 9.97 Å². The van der Waals surface area contributed by atoms with Crippen LogP contribution in [0.15, 0.2) is 47.0 Å². The standard InChI is InChI=1S/C27H25N5O3/c1-15-25(17(3)35-31-15)20-11-21-19(12-23(20)34-5)27-26(22(13-28)29-21)30-24(14-33-4)32(27)16(2)18-9-7-6-8-10-18/h6-12,16H,14H2,1-5H3/t16-/m1/s1. The zero-order chi connectivity index (χ0) is 24.7. The molecule has 0 unspecified atom stereocenters. The number of pyridine rings is 1. The van der Waals surface area contributed by atoms with Crippen molar-refractivity contribution in [2.75, 3.05) is 14.2 Å². The Kier molecular flexibility index (Phi) is 5.71. The summed E-state index contributed by atoms with van der Waals surface area (Å²) in [7, 11) is 3.27. The average molecular weight is 468 g/mol. The number of hydrogen-bond acceptors (Lipinski definition) is 7. The lowest BCUT2D eigenvalue weighted by atomic mass is 9.99. The van der Waals surface area contributed by atoms with Crippen molar-refractivity contribution < 1.29 is 14.0 Å². The van der Waals surface area contributed by atoms with E-state index < -0.39 is 0 Å². The Balaban J connectivity index is 1.89. The molecule has 0 saturated heterocycles. The molecule has 5 rings (SSSR count). The van der Waals surface area contributed by atoms with Gasteiger partial charge < -0.3 is 18.6 Å². The highest BCUT2D eigenvalue weighted by molar-refractivity contribution is 6.07. The Hall–Kier alpha value is -4.22. The highest BCUT2D eigenvalue weighted by Gasteiger charge is 2.25. The van der Waals surface area contributed by atoms with Crippen LogP contribution in [0.5, 0.6) is 5.75 Å². The Morgan fingerprint density at radius 1 is 1.11 bits per heavy atom. The van der Waals surface area contributed by atoms with Crippen molar-refractivity contribution in [3.63, 3.8) is 0 Å². The number of methoxy groups -OCH3 is 2. The topological polar surface area (TPSA) is 99.0 Å². The van der Waals surface area contributed by atoms with Gasteiger partial charge in [0.15, 0.2) is 5.69 Å². The van der Waals surface area contributed by atoms with Crippen molar-refractivity contribution in [1.29, 1.82) is 5.26 Å². The van der Waals surface area contributed by atoms with Crippen LogP contribution in [0.25, 0.3) is 33.1 Å². The third-order valence-electron chi connectivity index (χ3n) is 6.36. The molecular weight excluding hydrogens is 442 g/mol. The molecule has 3 aromatic heterocycles. The van der Waals surface area contributed by atoms with Crippen LogP contribution in [0, 0.1) is 25.2 Å². The van der Waals surface area contributed by atoms with Gasteiger partial charge in [0, 0.05) is 18.1 Å². The van der Waals surface area contributed by atoms with Gasteiger partial charge in [-0.05, 0) is 38.5 Å². The van der Waals surface area contributed by atoms with Gasteiger partial charge >= 0.3 is 0 Å². The summed E-state index contributed by atoms with van der Waals surface area (Å²) in [6.45, 7) is 6.17. The molecule has 2 aromatic carbocycles. The number of aromatic nitrogens is 4. The van der Waals surface area contributed by atoms with Gasteiger partial charge in [-0.15, -0.1) is 0 Å². The van der Waals surface area contributed by atoms with E-state index in [0.29, 0.717) is 29.2 Å². The van der Waals surface area contributed by atoms with E-state index in [4.69, 9.17) is 19.0 Å². The number of ether oxygens (including phenoxy) is 2. The van der Waals surface area contributed by atoms with Crippen molar-refractivity contribution in [2.24, 2.45) is 0 Å². The molecule has 0 spiro atoms. The van der Waals surface area contributed by atoms with Gasteiger partial charge in [-0.3, -0.25) is 0 Å². The number of nitriles is 1. The molecule has 0 radical (unpaired) electrons. The lowest BCUT2D eigenvalue weighted by Gasteiger charge is -2.19. The smallest absolute Gasteiger partial charge is 0.169 e. The molecule has 0 aliphatic carbocycles. The van der Waals surface area contributed by atoms with E-state index >= 15 is 0 Å². The van der Waals surface area contributed by atoms with E-state index in [9.17, 15) is 5.26 Å². The minimum atomic E-state index is -0.0586. The van der Waals surface area contributed by atoms with Crippen LogP contribution < -0.4 is 4.74 Å². The predicted octanol–water partition coefficient (Wildman–Crippen LogP) is 5.49. The second kappa shape index (κ2) is 8.85. The maximum absolute atomic E-state index is 9.98. The van der Waals surface area contributed by atoms with E-state index in [1.807, 2.05) is 44.2 Å². The first kappa shape index (κ1) is 22.6. The molecule has 0 N–H and O–H groups in total. The van der Waals surface area contributed by atoms with Crippen molar-refractivity contribution in [1.82, 2.24) is 19.7 Å². The van der Waals surface area contributed by atoms with Gasteiger partial charge in [-0.2, -0.15) is 5.26 Å². The fourth-order valence-electron chi connectivity index (χ4n) is 4.76. The van der Waals surface area contributed by atoms with Crippen LogP contribution in [0.1, 0.15) is 41.5 Å². The van der Waals surface area contributed by atoms with Gasteiger partial charge in [0.1, 0.15) is 35.5 Å². The van der Waals surface area contributed by atoms with E-state index in [-0.39, 0.29) is 11.7 Å². The largest absolute Gasteiger partial charge is 0.496 e. The summed E-state index contributed by atoms with van der Waals surface area (Å²) in [5.41, 5.74) is 5.83. The first-order valence-corrected chi connectivity index (χ1v) is 11.3. The molecule has 8 heteroatoms. The molecule has 5 aromatic rings. The van der Waals surface area contributed by atoms with Crippen LogP contribution >= 0.6 is 0 Å². The Morgan fingerprint density at radius 3 is 2.51 bits per heavy atom. The molecule has 0 fully saturated rings. The Morgan fingerprint density at radius 2 is 1.89 bits per heavy atom. The van der Waals surface area contributed by atoms with E-state index in [2.05, 4.69) is 39.8 Å². The van der Waals surface area contributed by atoms with Gasteiger partial charge in [0.2, 0.25) is 0 Å². The normalized spacial score (nSPS) is 12.2. The van der Waals surface area contributed by atoms with E-state index in [1.165, 1.54) is 0 Å². The summed E-state index contributed by atoms with van der Waals surface area (Å²) in [5.74, 6) is 2.07. The lowest BCUT2D eigenvalue weighted by Crippen LogP contribution is -2.11. The van der Waals surface area contributed by atoms with E-state index in [1.54, 1.807) is 14.2 Å². The number of rotatable bonds is 6. The maximum atomic E-state index is 9.98. The first-order chi connectivity index (χ1) is 17.0. The number of fused-ring (bicyclic) bond motifs is 3. The molecule has 0 bridgehead atoms. The second-order valence-electron chi connectivity index (χ2n) is 8.46. The highest BCUT2D eigenvalue weighted by atomic mass is 16.5. The van der Waals surface area contributed by atoms with Gasteiger partial charge in [-0.1, -0.05) is 35.5 Å². The van der Waals surface area contributed by atoms with Crippen LogP contribution in [0.2, 0.25) is 0 Å². The molecule has 0 aliphatic heterocycles. The predicted molar refractivity (Wildman–Crippen MR) is 132 cm³/mol. The number of imidazole rings is 1. The molecule has 0 amide bonds. The highest BCUT2D eigenvalue weighted by Crippen LogP contribution is 2.40. The SMILES string of the molecule is COCc1nc2c(C#N)nc3cc(-c4c(C)noc4C)c(OC)cc3c2n1[C@H](C)c1ccccc1. The zero-order valence-electron chi connectivity index (χ0n) is 20.3. The Labute approximate surface area is 202 Å². The first-order valence-electron chi connectivity index (χ1n) is 11.3. The summed E-state index contributed by atoms with van der Waals surface area (Å²) >= 11 is 0.